The summed E-state index contributed by atoms with van der Waals surface area (Å²) in [4.78, 5) is 0. The lowest BCUT2D eigenvalue weighted by Gasteiger charge is -2.20. The highest BCUT2D eigenvalue weighted by molar-refractivity contribution is 4.88. The summed E-state index contributed by atoms with van der Waals surface area (Å²) in [6.07, 6.45) is 7.19. The molecule has 0 aromatic rings. The van der Waals surface area contributed by atoms with Gasteiger partial charge in [0.1, 0.15) is 0 Å². The Labute approximate surface area is 99.1 Å². The standard InChI is InChI=1S/C14H26O2/c1-9(15)11-3-5-13(7-11)14-6-4-12(8-14)10(2)16/h9-16H,3-8H2,1-2H3. The van der Waals surface area contributed by atoms with E-state index in [1.165, 1.54) is 38.5 Å². The Morgan fingerprint density at radius 2 is 1.12 bits per heavy atom. The van der Waals surface area contributed by atoms with Crippen LogP contribution in [0.3, 0.4) is 0 Å². The fraction of sp³-hybridized carbons (Fsp3) is 1.00. The predicted molar refractivity (Wildman–Crippen MR) is 65.0 cm³/mol. The van der Waals surface area contributed by atoms with Gasteiger partial charge in [0.15, 0.2) is 0 Å². The summed E-state index contributed by atoms with van der Waals surface area (Å²) in [7, 11) is 0. The minimum atomic E-state index is -0.126. The van der Waals surface area contributed by atoms with Gasteiger partial charge in [0, 0.05) is 0 Å². The summed E-state index contributed by atoms with van der Waals surface area (Å²) >= 11 is 0. The Balaban J connectivity index is 1.82. The predicted octanol–water partition coefficient (Wildman–Crippen LogP) is 2.58. The molecule has 2 nitrogen and oxygen atoms in total. The Morgan fingerprint density at radius 3 is 1.38 bits per heavy atom. The lowest BCUT2D eigenvalue weighted by molar-refractivity contribution is 0.117. The van der Waals surface area contributed by atoms with E-state index in [4.69, 9.17) is 0 Å². The summed E-state index contributed by atoms with van der Waals surface area (Å²) < 4.78 is 0. The maximum Gasteiger partial charge on any atom is 0.0540 e. The summed E-state index contributed by atoms with van der Waals surface area (Å²) in [5.41, 5.74) is 0. The van der Waals surface area contributed by atoms with E-state index >= 15 is 0 Å². The van der Waals surface area contributed by atoms with Gasteiger partial charge in [0.05, 0.1) is 12.2 Å². The van der Waals surface area contributed by atoms with Crippen molar-refractivity contribution in [3.63, 3.8) is 0 Å². The van der Waals surface area contributed by atoms with Crippen LogP contribution in [-0.2, 0) is 0 Å². The van der Waals surface area contributed by atoms with Crippen molar-refractivity contribution >= 4 is 0 Å². The van der Waals surface area contributed by atoms with Gasteiger partial charge in [-0.3, -0.25) is 0 Å². The summed E-state index contributed by atoms with van der Waals surface area (Å²) in [5, 5.41) is 19.2. The molecule has 0 heterocycles. The summed E-state index contributed by atoms with van der Waals surface area (Å²) in [6, 6.07) is 0. The second-order valence-corrected chi connectivity index (χ2v) is 6.15. The van der Waals surface area contributed by atoms with E-state index in [2.05, 4.69) is 0 Å². The van der Waals surface area contributed by atoms with E-state index in [1.807, 2.05) is 13.8 Å². The molecule has 0 spiro atoms. The SMILES string of the molecule is CC(O)C1CCC(C2CCC(C(C)O)C2)C1. The third kappa shape index (κ3) is 2.60. The van der Waals surface area contributed by atoms with Gasteiger partial charge in [-0.25, -0.2) is 0 Å². The molecule has 0 aromatic heterocycles. The zero-order chi connectivity index (χ0) is 11.7. The van der Waals surface area contributed by atoms with Crippen LogP contribution in [0, 0.1) is 23.7 Å². The van der Waals surface area contributed by atoms with Gasteiger partial charge in [-0.15, -0.1) is 0 Å². The lowest BCUT2D eigenvalue weighted by Crippen LogP contribution is -2.17. The topological polar surface area (TPSA) is 40.5 Å². The van der Waals surface area contributed by atoms with Gasteiger partial charge in [0.2, 0.25) is 0 Å². The molecule has 0 aliphatic heterocycles. The van der Waals surface area contributed by atoms with Crippen LogP contribution in [0.2, 0.25) is 0 Å². The molecule has 16 heavy (non-hydrogen) atoms. The van der Waals surface area contributed by atoms with Crippen LogP contribution in [0.25, 0.3) is 0 Å². The van der Waals surface area contributed by atoms with Crippen molar-refractivity contribution < 1.29 is 10.2 Å². The first-order valence-corrected chi connectivity index (χ1v) is 6.94. The third-order valence-corrected chi connectivity index (χ3v) is 5.06. The molecule has 0 aromatic carbocycles. The highest BCUT2D eigenvalue weighted by Crippen LogP contribution is 2.46. The largest absolute Gasteiger partial charge is 0.393 e. The van der Waals surface area contributed by atoms with Crippen molar-refractivity contribution in [3.05, 3.63) is 0 Å². The van der Waals surface area contributed by atoms with Crippen LogP contribution >= 0.6 is 0 Å². The number of aliphatic hydroxyl groups excluding tert-OH is 2. The van der Waals surface area contributed by atoms with E-state index in [0.717, 1.165) is 11.8 Å². The van der Waals surface area contributed by atoms with Crippen molar-refractivity contribution in [1.29, 1.82) is 0 Å². The second kappa shape index (κ2) is 5.05. The fourth-order valence-corrected chi connectivity index (χ4v) is 3.84. The molecule has 0 amide bonds. The van der Waals surface area contributed by atoms with Crippen LogP contribution in [0.15, 0.2) is 0 Å². The fourth-order valence-electron chi connectivity index (χ4n) is 3.84. The highest BCUT2D eigenvalue weighted by atomic mass is 16.3. The molecule has 6 atom stereocenters. The van der Waals surface area contributed by atoms with E-state index < -0.39 is 0 Å². The lowest BCUT2D eigenvalue weighted by atomic mass is 9.87. The Hall–Kier alpha value is -0.0800. The molecule has 0 bridgehead atoms. The van der Waals surface area contributed by atoms with Crippen LogP contribution in [-0.4, -0.2) is 22.4 Å². The minimum absolute atomic E-state index is 0.126. The van der Waals surface area contributed by atoms with Crippen LogP contribution in [0.1, 0.15) is 52.4 Å². The average Bonchev–Trinajstić information content (AvgIpc) is 2.86. The van der Waals surface area contributed by atoms with E-state index in [9.17, 15) is 10.2 Å². The smallest absolute Gasteiger partial charge is 0.0540 e. The molecule has 2 fully saturated rings. The Kier molecular flexibility index (Phi) is 3.91. The first-order chi connectivity index (χ1) is 7.58. The van der Waals surface area contributed by atoms with Gasteiger partial charge >= 0.3 is 0 Å². The quantitative estimate of drug-likeness (QED) is 0.776. The molecule has 94 valence electrons. The summed E-state index contributed by atoms with van der Waals surface area (Å²) in [5.74, 6) is 2.72. The molecule has 6 unspecified atom stereocenters. The van der Waals surface area contributed by atoms with Crippen molar-refractivity contribution in [2.24, 2.45) is 23.7 Å². The molecule has 2 N–H and O–H groups in total. The molecule has 2 aliphatic rings. The number of aliphatic hydroxyl groups is 2. The molecule has 2 heteroatoms. The maximum atomic E-state index is 9.61. The van der Waals surface area contributed by atoms with Gasteiger partial charge in [0.25, 0.3) is 0 Å². The Morgan fingerprint density at radius 1 is 0.750 bits per heavy atom. The molecule has 0 saturated heterocycles. The highest BCUT2D eigenvalue weighted by Gasteiger charge is 2.37. The maximum absolute atomic E-state index is 9.61. The molecule has 2 aliphatic carbocycles. The molecule has 2 saturated carbocycles. The third-order valence-electron chi connectivity index (χ3n) is 5.06. The van der Waals surface area contributed by atoms with Crippen LogP contribution in [0.5, 0.6) is 0 Å². The van der Waals surface area contributed by atoms with Gasteiger partial charge in [-0.05, 0) is 76.0 Å². The van der Waals surface area contributed by atoms with Crippen molar-refractivity contribution in [3.8, 4) is 0 Å². The first kappa shape index (κ1) is 12.4. The van der Waals surface area contributed by atoms with Gasteiger partial charge in [-0.1, -0.05) is 0 Å². The monoisotopic (exact) mass is 226 g/mol. The number of rotatable bonds is 3. The average molecular weight is 226 g/mol. The van der Waals surface area contributed by atoms with Gasteiger partial charge < -0.3 is 10.2 Å². The number of hydrogen-bond acceptors (Lipinski definition) is 2. The molecule has 2 rings (SSSR count). The van der Waals surface area contributed by atoms with Crippen molar-refractivity contribution in [1.82, 2.24) is 0 Å². The molecular weight excluding hydrogens is 200 g/mol. The zero-order valence-electron chi connectivity index (χ0n) is 10.6. The van der Waals surface area contributed by atoms with Gasteiger partial charge in [-0.2, -0.15) is 0 Å². The second-order valence-electron chi connectivity index (χ2n) is 6.15. The summed E-state index contributed by atoms with van der Waals surface area (Å²) in [6.45, 7) is 3.86. The van der Waals surface area contributed by atoms with Crippen LogP contribution < -0.4 is 0 Å². The van der Waals surface area contributed by atoms with E-state index in [0.29, 0.717) is 11.8 Å². The normalized spacial score (nSPS) is 43.5. The molecular formula is C14H26O2. The Bertz CT molecular complexity index is 201. The number of hydrogen-bond donors (Lipinski definition) is 2. The molecule has 0 radical (unpaired) electrons. The van der Waals surface area contributed by atoms with E-state index in [-0.39, 0.29) is 12.2 Å². The van der Waals surface area contributed by atoms with Crippen molar-refractivity contribution in [2.45, 2.75) is 64.6 Å². The minimum Gasteiger partial charge on any atom is -0.393 e. The van der Waals surface area contributed by atoms with E-state index in [1.54, 1.807) is 0 Å². The first-order valence-electron chi connectivity index (χ1n) is 6.94. The van der Waals surface area contributed by atoms with Crippen LogP contribution in [0.4, 0.5) is 0 Å². The van der Waals surface area contributed by atoms with Crippen molar-refractivity contribution in [2.75, 3.05) is 0 Å². The zero-order valence-corrected chi connectivity index (χ0v) is 10.6.